The molecule has 1 aromatic rings. The van der Waals surface area contributed by atoms with Crippen molar-refractivity contribution >= 4 is 37.6 Å². The summed E-state index contributed by atoms with van der Waals surface area (Å²) >= 11 is 0. The van der Waals surface area contributed by atoms with E-state index in [4.69, 9.17) is 28.0 Å². The van der Waals surface area contributed by atoms with E-state index in [-0.39, 0.29) is 28.8 Å². The quantitative estimate of drug-likeness (QED) is 0.170. The van der Waals surface area contributed by atoms with Crippen molar-refractivity contribution in [3.05, 3.63) is 38.3 Å². The number of hydrogen-bond donors (Lipinski definition) is 0. The molecule has 12 heteroatoms. The van der Waals surface area contributed by atoms with Gasteiger partial charge in [0.15, 0.2) is 5.55 Å². The summed E-state index contributed by atoms with van der Waals surface area (Å²) in [7, 11) is -1.26. The summed E-state index contributed by atoms with van der Waals surface area (Å²) < 4.78 is 43.3. The molecule has 5 aliphatic rings. The van der Waals surface area contributed by atoms with Crippen molar-refractivity contribution in [2.45, 2.75) is 107 Å². The molecule has 2 heterocycles. The van der Waals surface area contributed by atoms with Crippen LogP contribution >= 0.6 is 15.9 Å². The van der Waals surface area contributed by atoms with Gasteiger partial charge in [-0.15, -0.1) is 0 Å². The first-order valence-electron chi connectivity index (χ1n) is 13.8. The normalized spacial score (nSPS) is 25.9. The molecule has 0 N–H and O–H groups in total. The molecule has 5 fully saturated rings. The fraction of sp³-hybridized carbons (Fsp3) is 0.759. The minimum absolute atomic E-state index is 0. The molecule has 1 unspecified atom stereocenters. The molecule has 1 aromatic heterocycles. The Balaban J connectivity index is 0. The smallest absolute Gasteiger partial charge is 0 e. The molecular formula is C29H44N2O5P2Si2W. The van der Waals surface area contributed by atoms with Crippen LogP contribution in [0.3, 0.4) is 0 Å². The Morgan fingerprint density at radius 1 is 0.732 bits per heavy atom. The van der Waals surface area contributed by atoms with Crippen LogP contribution in [-0.4, -0.2) is 34.0 Å². The second-order valence-corrected chi connectivity index (χ2v) is 29.0. The Morgan fingerprint density at radius 2 is 1.10 bits per heavy atom. The predicted molar refractivity (Wildman–Crippen MR) is 161 cm³/mol. The maximum absolute atomic E-state index is 7.50. The molecule has 4 saturated carbocycles. The van der Waals surface area contributed by atoms with Crippen molar-refractivity contribution in [1.82, 2.24) is 4.75 Å². The van der Waals surface area contributed by atoms with Crippen LogP contribution in [0.4, 0.5) is 5.55 Å². The van der Waals surface area contributed by atoms with Crippen LogP contribution in [0.15, 0.2) is 0 Å². The number of nitrogens with zero attached hydrogens (tertiary/aromatic N) is 2. The minimum atomic E-state index is -1.28. The standard InChI is InChI=1S/C24H44N2P2Si2.5CO.W/c1-29(2,3)23(30(4,5)6)28-21(27-22(25-28)26-10-8-7-9-11-26)24-15-18-12-19(16-24)14-20(13-18)17-24;5*1-2;/h18-20,23H,7-17H2,1-6H3;;;;;;. The minimum Gasteiger partial charge on any atom is 0 e. The molecule has 0 spiro atoms. The van der Waals surface area contributed by atoms with Gasteiger partial charge in [-0.1, -0.05) is 39.3 Å². The van der Waals surface area contributed by atoms with E-state index < -0.39 is 16.1 Å². The molecule has 1 aliphatic heterocycles. The van der Waals surface area contributed by atoms with E-state index in [0.717, 1.165) is 22.7 Å². The first kappa shape index (κ1) is 42.9. The van der Waals surface area contributed by atoms with Crippen molar-refractivity contribution in [3.63, 3.8) is 0 Å². The van der Waals surface area contributed by atoms with Gasteiger partial charge in [0.25, 0.3) is 0 Å². The molecule has 7 nitrogen and oxygen atoms in total. The zero-order chi connectivity index (χ0) is 31.3. The zero-order valence-corrected chi connectivity index (χ0v) is 32.0. The van der Waals surface area contributed by atoms with Gasteiger partial charge in [0.2, 0.25) is 0 Å². The molecule has 41 heavy (non-hydrogen) atoms. The Morgan fingerprint density at radius 3 is 1.44 bits per heavy atom. The largest absolute Gasteiger partial charge is 0 e. The van der Waals surface area contributed by atoms with Crippen LogP contribution in [0, 0.1) is 51.0 Å². The van der Waals surface area contributed by atoms with Crippen molar-refractivity contribution in [2.24, 2.45) is 17.8 Å². The van der Waals surface area contributed by atoms with Gasteiger partial charge in [0.1, 0.15) is 0 Å². The number of anilines is 1. The molecule has 4 aliphatic carbocycles. The van der Waals surface area contributed by atoms with Gasteiger partial charge in [-0.25, -0.2) is 4.75 Å². The summed E-state index contributed by atoms with van der Waals surface area (Å²) in [5.41, 5.74) is 2.11. The Bertz CT molecular complexity index is 937. The molecule has 0 aromatic carbocycles. The summed E-state index contributed by atoms with van der Waals surface area (Å²) in [4.78, 5) is 3.66. The maximum Gasteiger partial charge on any atom is 0 e. The Kier molecular flexibility index (Phi) is 20.8. The molecular weight excluding hydrogens is 758 g/mol. The third-order valence-corrected chi connectivity index (χ3v) is 27.4. The molecule has 1 saturated heterocycles. The van der Waals surface area contributed by atoms with E-state index in [0.29, 0.717) is 5.41 Å². The van der Waals surface area contributed by atoms with Crippen molar-refractivity contribution in [2.75, 3.05) is 18.0 Å². The molecule has 6 rings (SSSR count). The fourth-order valence-corrected chi connectivity index (χ4v) is 30.7. The topological polar surface area (TPSA) is 116 Å². The summed E-state index contributed by atoms with van der Waals surface area (Å²) in [5, 5.41) is 2.01. The first-order chi connectivity index (χ1) is 19.1. The monoisotopic (exact) mass is 802 g/mol. The summed E-state index contributed by atoms with van der Waals surface area (Å²) in [6.07, 6.45) is 13.5. The zero-order valence-electron chi connectivity index (χ0n) is 25.3. The number of rotatable bonds is 5. The second kappa shape index (κ2) is 19.9. The van der Waals surface area contributed by atoms with E-state index >= 15 is 0 Å². The van der Waals surface area contributed by atoms with Crippen molar-refractivity contribution in [3.8, 4) is 0 Å². The number of aromatic nitrogens is 1. The summed E-state index contributed by atoms with van der Waals surface area (Å²) in [6.45, 7) is 41.0. The van der Waals surface area contributed by atoms with E-state index in [1.165, 1.54) is 57.2 Å². The van der Waals surface area contributed by atoms with E-state index in [1.54, 1.807) is 27.5 Å². The van der Waals surface area contributed by atoms with Crippen LogP contribution in [-0.2, 0) is 49.7 Å². The van der Waals surface area contributed by atoms with Gasteiger partial charge in [0.05, 0.1) is 16.1 Å². The molecule has 0 amide bonds. The van der Waals surface area contributed by atoms with E-state index in [1.807, 2.05) is 5.03 Å². The SMILES string of the molecule is C[Si](C)(C)C(p1nc(N2CCCCC2)pc1C12CC3CC(CC(C3)C1)C2)[Si](C)(C)C.[C-]#[O+].[C-]#[O+].[C-]#[O+].[C-]#[O+].[C-]#[O+].[W]. The Hall–Kier alpha value is -0.238. The van der Waals surface area contributed by atoms with E-state index in [2.05, 4.69) is 77.4 Å². The average molecular weight is 803 g/mol. The van der Waals surface area contributed by atoms with Crippen LogP contribution < -0.4 is 4.90 Å². The van der Waals surface area contributed by atoms with Crippen LogP contribution in [0.2, 0.25) is 39.3 Å². The molecule has 1 atom stereocenters. The van der Waals surface area contributed by atoms with Crippen molar-refractivity contribution in [1.29, 1.82) is 0 Å². The van der Waals surface area contributed by atoms with Crippen LogP contribution in [0.1, 0.15) is 67.7 Å². The number of piperidine rings is 1. The second-order valence-electron chi connectivity index (χ2n) is 13.6. The average Bonchev–Trinajstić information content (AvgIpc) is 3.38. The third-order valence-electron chi connectivity index (χ3n) is 8.66. The Labute approximate surface area is 266 Å². The van der Waals surface area contributed by atoms with Crippen LogP contribution in [0.25, 0.3) is 0 Å². The third kappa shape index (κ3) is 10.7. The fourth-order valence-electron chi connectivity index (χ4n) is 8.50. The molecule has 0 radical (unpaired) electrons. The van der Waals surface area contributed by atoms with Gasteiger partial charge in [-0.3, -0.25) is 0 Å². The first-order valence-corrected chi connectivity index (χ1v) is 23.2. The summed E-state index contributed by atoms with van der Waals surface area (Å²) in [6, 6.07) is 0. The predicted octanol–water partition coefficient (Wildman–Crippen LogP) is 8.21. The van der Waals surface area contributed by atoms with Crippen molar-refractivity contribution < 1.29 is 44.3 Å². The van der Waals surface area contributed by atoms with Gasteiger partial charge < -0.3 is 4.90 Å². The number of hydrogen-bond acceptors (Lipinski definition) is 2. The van der Waals surface area contributed by atoms with Gasteiger partial charge in [0, 0.05) is 49.5 Å². The maximum atomic E-state index is 7.50. The molecule has 4 bridgehead atoms. The van der Waals surface area contributed by atoms with Gasteiger partial charge in [-0.05, 0) is 91.4 Å². The van der Waals surface area contributed by atoms with E-state index in [9.17, 15) is 0 Å². The van der Waals surface area contributed by atoms with Crippen LogP contribution in [0.5, 0.6) is 0 Å². The van der Waals surface area contributed by atoms with Gasteiger partial charge >= 0.3 is 56.5 Å². The molecule has 224 valence electrons. The van der Waals surface area contributed by atoms with Gasteiger partial charge in [-0.2, -0.15) is 0 Å². The summed E-state index contributed by atoms with van der Waals surface area (Å²) in [5.74, 6) is 3.14.